The molecule has 3 aromatic rings. The summed E-state index contributed by atoms with van der Waals surface area (Å²) in [6.45, 7) is 11.2. The van der Waals surface area contributed by atoms with Crippen LogP contribution in [0, 0.1) is 0 Å². The van der Waals surface area contributed by atoms with Crippen molar-refractivity contribution in [2.45, 2.75) is 90.4 Å². The average Bonchev–Trinajstić information content (AvgIpc) is 3.44. The number of imide groups is 1. The number of hydrogen-bond donors (Lipinski definition) is 1. The molecule has 2 aliphatic heterocycles. The van der Waals surface area contributed by atoms with E-state index in [4.69, 9.17) is 14.5 Å². The highest BCUT2D eigenvalue weighted by Gasteiger charge is 2.56. The molecule has 0 bridgehead atoms. The van der Waals surface area contributed by atoms with E-state index in [0.29, 0.717) is 61.1 Å². The minimum atomic E-state index is -3.31. The smallest absolute Gasteiger partial charge is 0.437 e. The number of ether oxygens (including phenoxy) is 2. The van der Waals surface area contributed by atoms with Crippen molar-refractivity contribution < 1.29 is 37.1 Å². The van der Waals surface area contributed by atoms with E-state index in [-0.39, 0.29) is 30.8 Å². The van der Waals surface area contributed by atoms with Crippen LogP contribution in [0.2, 0.25) is 0 Å². The number of fused-ring (bicyclic) bond motifs is 4. The lowest BCUT2D eigenvalue weighted by Crippen LogP contribution is -2.66. The first-order valence-electron chi connectivity index (χ1n) is 17.4. The van der Waals surface area contributed by atoms with E-state index in [0.717, 1.165) is 22.7 Å². The molecule has 2 aromatic heterocycles. The predicted molar refractivity (Wildman–Crippen MR) is 192 cm³/mol. The Labute approximate surface area is 303 Å². The molecule has 4 heterocycles. The largest absolute Gasteiger partial charge is 0.442 e. The number of hydrazine groups is 1. The van der Waals surface area contributed by atoms with Gasteiger partial charge < -0.3 is 19.7 Å². The lowest BCUT2D eigenvalue weighted by molar-refractivity contribution is -0.144. The summed E-state index contributed by atoms with van der Waals surface area (Å²) >= 11 is 0. The van der Waals surface area contributed by atoms with Gasteiger partial charge in [0.25, 0.3) is 11.8 Å². The number of amides is 4. The third-order valence-electron chi connectivity index (χ3n) is 9.15. The number of carbonyl (C=O) groups is 4. The second-order valence-corrected chi connectivity index (χ2v) is 17.4. The summed E-state index contributed by atoms with van der Waals surface area (Å²) in [7, 11) is -3.31. The third kappa shape index (κ3) is 7.28. The van der Waals surface area contributed by atoms with Crippen LogP contribution >= 0.6 is 0 Å². The molecule has 0 radical (unpaired) electrons. The number of benzene rings is 1. The second-order valence-electron chi connectivity index (χ2n) is 15.4. The van der Waals surface area contributed by atoms with E-state index in [2.05, 4.69) is 10.3 Å². The second kappa shape index (κ2) is 13.3. The van der Waals surface area contributed by atoms with Crippen LogP contribution in [0.15, 0.2) is 36.5 Å². The normalized spacial score (nSPS) is 18.4. The van der Waals surface area contributed by atoms with E-state index in [1.54, 1.807) is 87.5 Å². The fraction of sp³-hybridized carbons (Fsp3) is 0.543. The maximum Gasteiger partial charge on any atom is 0.437 e. The maximum atomic E-state index is 14.7. The van der Waals surface area contributed by atoms with E-state index in [1.807, 2.05) is 0 Å². The summed E-state index contributed by atoms with van der Waals surface area (Å²) in [5.74, 6) is -0.373. The Hall–Kier alpha value is -4.77. The number of piperazine rings is 1. The van der Waals surface area contributed by atoms with Gasteiger partial charge in [0.15, 0.2) is 0 Å². The molecular formula is C35H46N8O8S. The number of sulfonamides is 1. The van der Waals surface area contributed by atoms with Gasteiger partial charge in [-0.15, -0.1) is 5.01 Å². The molecular weight excluding hydrogens is 692 g/mol. The molecule has 3 aliphatic rings. The minimum absolute atomic E-state index is 0.199. The van der Waals surface area contributed by atoms with Crippen LogP contribution in [0.1, 0.15) is 84.0 Å². The molecule has 52 heavy (non-hydrogen) atoms. The maximum absolute atomic E-state index is 14.7. The summed E-state index contributed by atoms with van der Waals surface area (Å²) in [4.78, 5) is 66.4. The van der Waals surface area contributed by atoms with Gasteiger partial charge in [0.2, 0.25) is 16.0 Å². The molecule has 6 rings (SSSR count). The Morgan fingerprint density at radius 1 is 0.846 bits per heavy atom. The van der Waals surface area contributed by atoms with Crippen LogP contribution in [0.25, 0.3) is 11.0 Å². The van der Waals surface area contributed by atoms with E-state index in [9.17, 15) is 27.6 Å². The van der Waals surface area contributed by atoms with Crippen molar-refractivity contribution in [2.75, 3.05) is 42.8 Å². The van der Waals surface area contributed by atoms with Crippen LogP contribution in [0.3, 0.4) is 0 Å². The molecule has 2 fully saturated rings. The molecule has 1 N–H and O–H groups in total. The molecule has 1 saturated carbocycles. The number of anilines is 3. The van der Waals surface area contributed by atoms with Crippen LogP contribution in [0.5, 0.6) is 0 Å². The van der Waals surface area contributed by atoms with E-state index < -0.39 is 44.9 Å². The van der Waals surface area contributed by atoms with Crippen molar-refractivity contribution in [3.8, 4) is 0 Å². The Morgan fingerprint density at radius 3 is 1.98 bits per heavy atom. The third-order valence-corrected chi connectivity index (χ3v) is 10.5. The highest BCUT2D eigenvalue weighted by Crippen LogP contribution is 2.47. The van der Waals surface area contributed by atoms with Crippen molar-refractivity contribution in [3.63, 3.8) is 0 Å². The van der Waals surface area contributed by atoms with Gasteiger partial charge in [-0.05, 0) is 84.7 Å². The van der Waals surface area contributed by atoms with Crippen LogP contribution in [-0.4, -0.2) is 105 Å². The van der Waals surface area contributed by atoms with Gasteiger partial charge >= 0.3 is 12.2 Å². The number of aromatic nitrogens is 3. The van der Waals surface area contributed by atoms with Gasteiger partial charge in [-0.2, -0.15) is 14.3 Å². The first kappa shape index (κ1) is 37.0. The van der Waals surface area contributed by atoms with Crippen LogP contribution in [0.4, 0.5) is 27.0 Å². The molecule has 0 unspecified atom stereocenters. The molecule has 16 nitrogen and oxygen atoms in total. The predicted octanol–water partition coefficient (Wildman–Crippen LogP) is 4.99. The zero-order chi connectivity index (χ0) is 37.8. The van der Waals surface area contributed by atoms with Gasteiger partial charge in [-0.3, -0.25) is 14.2 Å². The minimum Gasteiger partial charge on any atom is -0.442 e. The van der Waals surface area contributed by atoms with Crippen LogP contribution in [-0.2, 0) is 29.8 Å². The average molecular weight is 739 g/mol. The Morgan fingerprint density at radius 2 is 1.42 bits per heavy atom. The first-order chi connectivity index (χ1) is 24.3. The molecule has 280 valence electrons. The van der Waals surface area contributed by atoms with Gasteiger partial charge in [-0.25, -0.2) is 23.0 Å². The standard InChI is InChI=1S/C35H46N8O8S/c1-33(2,3)50-31(46)42-26-21-24-22-36-30(37-25-13-11-23(12-14-25)28(44)39-17-19-40(20-18-39)52(7,48)49)38-27(24)41(26)35(15-9-8-10-16-35)29(45)43(42)32(47)51-34(4,5)6/h11-14,21-22H,8-10,15-20H2,1-7H3,(H,36,37,38). The molecule has 1 aliphatic carbocycles. The lowest BCUT2D eigenvalue weighted by Gasteiger charge is -2.48. The number of carbonyl (C=O) groups excluding carboxylic acids is 4. The van der Waals surface area contributed by atoms with Crippen molar-refractivity contribution in [3.05, 3.63) is 42.1 Å². The Kier molecular flexibility index (Phi) is 9.49. The summed E-state index contributed by atoms with van der Waals surface area (Å²) in [6.07, 6.45) is 3.98. The Balaban J connectivity index is 1.34. The van der Waals surface area contributed by atoms with Crippen molar-refractivity contribution in [1.82, 2.24) is 28.7 Å². The van der Waals surface area contributed by atoms with Gasteiger partial charge in [-0.1, -0.05) is 19.3 Å². The molecule has 0 atom stereocenters. The number of nitrogens with one attached hydrogen (secondary N) is 1. The highest BCUT2D eigenvalue weighted by molar-refractivity contribution is 7.88. The van der Waals surface area contributed by atoms with Crippen molar-refractivity contribution >= 4 is 62.5 Å². The lowest BCUT2D eigenvalue weighted by atomic mass is 9.79. The summed E-state index contributed by atoms with van der Waals surface area (Å²) < 4.78 is 38.2. The first-order valence-corrected chi connectivity index (χ1v) is 19.2. The van der Waals surface area contributed by atoms with Gasteiger partial charge in [0.05, 0.1) is 6.26 Å². The van der Waals surface area contributed by atoms with Crippen molar-refractivity contribution in [1.29, 1.82) is 0 Å². The quantitative estimate of drug-likeness (QED) is 0.382. The number of rotatable bonds is 4. The monoisotopic (exact) mass is 738 g/mol. The number of hydrogen-bond acceptors (Lipinski definition) is 11. The molecule has 1 aromatic carbocycles. The fourth-order valence-corrected chi connectivity index (χ4v) is 7.68. The van der Waals surface area contributed by atoms with Crippen LogP contribution < -0.4 is 10.3 Å². The summed E-state index contributed by atoms with van der Waals surface area (Å²) in [5.41, 5.74) is -1.69. The van der Waals surface area contributed by atoms with Gasteiger partial charge in [0.1, 0.15) is 28.2 Å². The topological polar surface area (TPSA) is 177 Å². The van der Waals surface area contributed by atoms with Crippen molar-refractivity contribution in [2.24, 2.45) is 0 Å². The fourth-order valence-electron chi connectivity index (χ4n) is 6.85. The Bertz CT molecular complexity index is 2000. The van der Waals surface area contributed by atoms with E-state index in [1.165, 1.54) is 4.31 Å². The zero-order valence-corrected chi connectivity index (χ0v) is 31.4. The number of nitrogens with zero attached hydrogens (tertiary/aromatic N) is 7. The van der Waals surface area contributed by atoms with Gasteiger partial charge in [0, 0.05) is 49.0 Å². The summed E-state index contributed by atoms with van der Waals surface area (Å²) in [6, 6.07) is 8.45. The molecule has 17 heteroatoms. The molecule has 1 saturated heterocycles. The zero-order valence-electron chi connectivity index (χ0n) is 30.6. The SMILES string of the molecule is CC(C)(C)OC(=O)N1C(=O)C2(CCCCC2)n2c(cc3cnc(Nc4ccc(C(=O)N5CCN(S(C)(=O)=O)CC5)cc4)nc32)N1C(=O)OC(C)(C)C. The highest BCUT2D eigenvalue weighted by atomic mass is 32.2. The summed E-state index contributed by atoms with van der Waals surface area (Å²) in [5, 5.41) is 5.42. The molecule has 4 amide bonds. The van der Waals surface area contributed by atoms with E-state index >= 15 is 0 Å². The molecule has 1 spiro atoms.